The Morgan fingerprint density at radius 1 is 1.12 bits per heavy atom. The average Bonchev–Trinajstić information content (AvgIpc) is 3.10. The van der Waals surface area contributed by atoms with Gasteiger partial charge in [0.15, 0.2) is 0 Å². The molecule has 0 saturated carbocycles. The molecule has 0 unspecified atom stereocenters. The van der Waals surface area contributed by atoms with E-state index in [0.29, 0.717) is 11.4 Å². The summed E-state index contributed by atoms with van der Waals surface area (Å²) in [5, 5.41) is 4.22. The van der Waals surface area contributed by atoms with Crippen LogP contribution in [0.2, 0.25) is 0 Å². The lowest BCUT2D eigenvalue weighted by Crippen LogP contribution is -2.46. The van der Waals surface area contributed by atoms with E-state index in [1.165, 1.54) is 5.56 Å². The van der Waals surface area contributed by atoms with Crippen LogP contribution in [0.15, 0.2) is 48.9 Å². The fraction of sp³-hybridized carbons (Fsp3) is 0.278. The molecule has 128 valence electrons. The molecule has 0 atom stereocenters. The molecular formula is C18H20N6O. The minimum atomic E-state index is -0.431. The van der Waals surface area contributed by atoms with E-state index in [-0.39, 0.29) is 0 Å². The zero-order chi connectivity index (χ0) is 17.2. The molecule has 3 aromatic heterocycles. The molecule has 4 heterocycles. The number of amides is 1. The lowest BCUT2D eigenvalue weighted by molar-refractivity contribution is 0.1000. The van der Waals surface area contributed by atoms with Gasteiger partial charge in [0.05, 0.1) is 11.1 Å². The molecule has 7 heteroatoms. The molecule has 0 radical (unpaired) electrons. The van der Waals surface area contributed by atoms with Crippen LogP contribution in [0.25, 0.3) is 5.52 Å². The number of pyridine rings is 2. The smallest absolute Gasteiger partial charge is 0.252 e. The van der Waals surface area contributed by atoms with E-state index in [1.807, 2.05) is 16.8 Å². The third-order valence-electron chi connectivity index (χ3n) is 4.59. The van der Waals surface area contributed by atoms with Gasteiger partial charge in [-0.05, 0) is 35.9 Å². The number of hydrogen-bond donors (Lipinski definition) is 1. The highest BCUT2D eigenvalue weighted by atomic mass is 16.1. The van der Waals surface area contributed by atoms with E-state index in [2.05, 4.69) is 32.0 Å². The molecule has 0 aromatic carbocycles. The van der Waals surface area contributed by atoms with E-state index in [4.69, 9.17) is 5.73 Å². The van der Waals surface area contributed by atoms with Gasteiger partial charge in [-0.1, -0.05) is 0 Å². The molecular weight excluding hydrogens is 316 g/mol. The van der Waals surface area contributed by atoms with Crippen molar-refractivity contribution in [2.75, 3.05) is 31.1 Å². The maximum atomic E-state index is 11.6. The maximum Gasteiger partial charge on any atom is 0.252 e. The second kappa shape index (κ2) is 6.52. The summed E-state index contributed by atoms with van der Waals surface area (Å²) in [6.45, 7) is 4.39. The Kier molecular flexibility index (Phi) is 4.07. The summed E-state index contributed by atoms with van der Waals surface area (Å²) in [4.78, 5) is 20.5. The number of rotatable bonds is 4. The molecule has 3 aromatic rings. The Balaban J connectivity index is 1.42. The summed E-state index contributed by atoms with van der Waals surface area (Å²) in [7, 11) is 0. The van der Waals surface area contributed by atoms with Gasteiger partial charge < -0.3 is 10.6 Å². The minimum absolute atomic E-state index is 0.431. The average molecular weight is 336 g/mol. The van der Waals surface area contributed by atoms with Gasteiger partial charge >= 0.3 is 0 Å². The molecule has 1 amide bonds. The van der Waals surface area contributed by atoms with Crippen LogP contribution in [0, 0.1) is 0 Å². The first-order valence-electron chi connectivity index (χ1n) is 8.35. The van der Waals surface area contributed by atoms with Crippen LogP contribution in [-0.2, 0) is 6.54 Å². The minimum Gasteiger partial charge on any atom is -0.365 e. The number of carbonyl (C=O) groups is 1. The number of aromatic nitrogens is 3. The molecule has 0 spiro atoms. The molecule has 0 bridgehead atoms. The number of fused-ring (bicyclic) bond motifs is 1. The molecule has 1 saturated heterocycles. The molecule has 2 N–H and O–H groups in total. The topological polar surface area (TPSA) is 79.8 Å². The van der Waals surface area contributed by atoms with Crippen LogP contribution in [0.5, 0.6) is 0 Å². The van der Waals surface area contributed by atoms with Crippen molar-refractivity contribution in [2.45, 2.75) is 6.54 Å². The normalized spacial score (nSPS) is 15.6. The number of primary amides is 1. The van der Waals surface area contributed by atoms with Crippen molar-refractivity contribution in [1.82, 2.24) is 19.5 Å². The number of carbonyl (C=O) groups excluding carboxylic acids is 1. The van der Waals surface area contributed by atoms with Crippen LogP contribution in [0.1, 0.15) is 15.9 Å². The zero-order valence-corrected chi connectivity index (χ0v) is 13.9. The van der Waals surface area contributed by atoms with Gasteiger partial charge in [-0.3, -0.25) is 9.69 Å². The van der Waals surface area contributed by atoms with Gasteiger partial charge in [0.1, 0.15) is 5.82 Å². The standard InChI is InChI=1S/C18H20N6O/c19-17(25)16-2-1-5-20-18(16)23-10-8-22(9-11-23)13-14-4-7-24-15(12-14)3-6-21-24/h1-7,12H,8-11,13H2,(H2,19,25). The van der Waals surface area contributed by atoms with Gasteiger partial charge in [-0.15, -0.1) is 0 Å². The molecule has 1 aliphatic rings. The Hall–Kier alpha value is -2.93. The van der Waals surface area contributed by atoms with E-state index in [1.54, 1.807) is 24.5 Å². The second-order valence-electron chi connectivity index (χ2n) is 6.24. The van der Waals surface area contributed by atoms with Crippen molar-refractivity contribution < 1.29 is 4.79 Å². The fourth-order valence-corrected chi connectivity index (χ4v) is 3.28. The summed E-state index contributed by atoms with van der Waals surface area (Å²) in [6.07, 6.45) is 5.50. The summed E-state index contributed by atoms with van der Waals surface area (Å²) < 4.78 is 1.87. The molecule has 0 aliphatic carbocycles. The van der Waals surface area contributed by atoms with Crippen LogP contribution >= 0.6 is 0 Å². The first-order chi connectivity index (χ1) is 12.2. The number of nitrogens with zero attached hydrogens (tertiary/aromatic N) is 5. The highest BCUT2D eigenvalue weighted by molar-refractivity contribution is 5.97. The molecule has 1 fully saturated rings. The predicted molar refractivity (Wildman–Crippen MR) is 95.4 cm³/mol. The lowest BCUT2D eigenvalue weighted by atomic mass is 10.2. The van der Waals surface area contributed by atoms with Gasteiger partial charge in [-0.2, -0.15) is 5.10 Å². The summed E-state index contributed by atoms with van der Waals surface area (Å²) in [5.41, 5.74) is 8.33. The van der Waals surface area contributed by atoms with E-state index >= 15 is 0 Å². The third-order valence-corrected chi connectivity index (χ3v) is 4.59. The largest absolute Gasteiger partial charge is 0.365 e. The summed E-state index contributed by atoms with van der Waals surface area (Å²) in [5.74, 6) is 0.259. The van der Waals surface area contributed by atoms with Crippen LogP contribution < -0.4 is 10.6 Å². The molecule has 4 rings (SSSR count). The number of piperazine rings is 1. The second-order valence-corrected chi connectivity index (χ2v) is 6.24. The van der Waals surface area contributed by atoms with Crippen molar-refractivity contribution in [3.8, 4) is 0 Å². The van der Waals surface area contributed by atoms with E-state index in [0.717, 1.165) is 38.2 Å². The first kappa shape index (κ1) is 15.6. The Bertz CT molecular complexity index is 897. The predicted octanol–water partition coefficient (Wildman–Crippen LogP) is 1.15. The van der Waals surface area contributed by atoms with E-state index < -0.39 is 5.91 Å². The lowest BCUT2D eigenvalue weighted by Gasteiger charge is -2.36. The van der Waals surface area contributed by atoms with Crippen LogP contribution in [0.4, 0.5) is 5.82 Å². The molecule has 1 aliphatic heterocycles. The van der Waals surface area contributed by atoms with Gasteiger partial charge in [0.25, 0.3) is 5.91 Å². The first-order valence-corrected chi connectivity index (χ1v) is 8.35. The van der Waals surface area contributed by atoms with Crippen LogP contribution in [-0.4, -0.2) is 51.6 Å². The number of hydrogen-bond acceptors (Lipinski definition) is 5. The van der Waals surface area contributed by atoms with E-state index in [9.17, 15) is 4.79 Å². The highest BCUT2D eigenvalue weighted by Crippen LogP contribution is 2.19. The Morgan fingerprint density at radius 3 is 2.76 bits per heavy atom. The quantitative estimate of drug-likeness (QED) is 0.773. The number of anilines is 1. The van der Waals surface area contributed by atoms with Crippen LogP contribution in [0.3, 0.4) is 0 Å². The Morgan fingerprint density at radius 2 is 1.96 bits per heavy atom. The van der Waals surface area contributed by atoms with Crippen molar-refractivity contribution in [2.24, 2.45) is 5.73 Å². The summed E-state index contributed by atoms with van der Waals surface area (Å²) in [6, 6.07) is 9.76. The zero-order valence-electron chi connectivity index (χ0n) is 13.9. The molecule has 7 nitrogen and oxygen atoms in total. The molecule has 25 heavy (non-hydrogen) atoms. The van der Waals surface area contributed by atoms with Gasteiger partial charge in [0, 0.05) is 51.3 Å². The van der Waals surface area contributed by atoms with Gasteiger partial charge in [-0.25, -0.2) is 9.50 Å². The van der Waals surface area contributed by atoms with Crippen molar-refractivity contribution in [1.29, 1.82) is 0 Å². The third kappa shape index (κ3) is 3.18. The van der Waals surface area contributed by atoms with Crippen molar-refractivity contribution >= 4 is 17.2 Å². The SMILES string of the molecule is NC(=O)c1cccnc1N1CCN(Cc2ccn3nccc3c2)CC1. The fourth-order valence-electron chi connectivity index (χ4n) is 3.28. The number of nitrogens with two attached hydrogens (primary N) is 1. The maximum absolute atomic E-state index is 11.6. The monoisotopic (exact) mass is 336 g/mol. The highest BCUT2D eigenvalue weighted by Gasteiger charge is 2.21. The van der Waals surface area contributed by atoms with Gasteiger partial charge in [0.2, 0.25) is 0 Å². The Labute approximate surface area is 145 Å². The summed E-state index contributed by atoms with van der Waals surface area (Å²) >= 11 is 0. The van der Waals surface area contributed by atoms with Crippen molar-refractivity contribution in [3.63, 3.8) is 0 Å². The van der Waals surface area contributed by atoms with Crippen molar-refractivity contribution in [3.05, 3.63) is 60.0 Å².